The SMILES string of the molecule is O=C(NC1CCCCC1)C(Cc1ccccc1)N(Cc1ccccc1F)C(=O)CCN1C(=O)[C@H]2CC=CC[C@H]2C1=O. The van der Waals surface area contributed by atoms with Gasteiger partial charge in [-0.15, -0.1) is 0 Å². The summed E-state index contributed by atoms with van der Waals surface area (Å²) in [6, 6.07) is 14.9. The molecule has 2 fully saturated rings. The van der Waals surface area contributed by atoms with Crippen LogP contribution in [0.15, 0.2) is 66.7 Å². The van der Waals surface area contributed by atoms with Gasteiger partial charge >= 0.3 is 0 Å². The van der Waals surface area contributed by atoms with E-state index in [4.69, 9.17) is 0 Å². The van der Waals surface area contributed by atoms with E-state index >= 15 is 0 Å². The molecule has 0 spiro atoms. The normalized spacial score (nSPS) is 21.4. The van der Waals surface area contributed by atoms with Gasteiger partial charge in [0.25, 0.3) is 0 Å². The molecule has 216 valence electrons. The van der Waals surface area contributed by atoms with Gasteiger partial charge in [0.2, 0.25) is 23.6 Å². The van der Waals surface area contributed by atoms with Gasteiger partial charge in [0.1, 0.15) is 11.9 Å². The first kappa shape index (κ1) is 28.7. The van der Waals surface area contributed by atoms with Gasteiger partial charge in [-0.3, -0.25) is 24.1 Å². The highest BCUT2D eigenvalue weighted by molar-refractivity contribution is 6.05. The predicted molar refractivity (Wildman–Crippen MR) is 153 cm³/mol. The average Bonchev–Trinajstić information content (AvgIpc) is 3.24. The summed E-state index contributed by atoms with van der Waals surface area (Å²) in [6.07, 6.45) is 10.0. The number of imide groups is 1. The van der Waals surface area contributed by atoms with Crippen molar-refractivity contribution in [3.8, 4) is 0 Å². The number of halogens is 1. The summed E-state index contributed by atoms with van der Waals surface area (Å²) < 4.78 is 14.8. The Hall–Kier alpha value is -3.81. The van der Waals surface area contributed by atoms with Gasteiger partial charge < -0.3 is 10.2 Å². The molecule has 41 heavy (non-hydrogen) atoms. The Morgan fingerprint density at radius 2 is 1.54 bits per heavy atom. The molecular weight excluding hydrogens is 521 g/mol. The molecule has 3 atom stereocenters. The number of carbonyl (C=O) groups is 4. The van der Waals surface area contributed by atoms with Crippen molar-refractivity contribution in [2.45, 2.75) is 76.4 Å². The number of rotatable bonds is 10. The molecule has 1 saturated carbocycles. The molecule has 1 heterocycles. The number of hydrogen-bond donors (Lipinski definition) is 1. The summed E-state index contributed by atoms with van der Waals surface area (Å²) in [4.78, 5) is 56.4. The van der Waals surface area contributed by atoms with Crippen LogP contribution < -0.4 is 5.32 Å². The zero-order valence-corrected chi connectivity index (χ0v) is 23.3. The summed E-state index contributed by atoms with van der Waals surface area (Å²) in [5, 5.41) is 3.17. The third-order valence-electron chi connectivity index (χ3n) is 8.67. The van der Waals surface area contributed by atoms with E-state index in [2.05, 4.69) is 5.32 Å². The minimum absolute atomic E-state index is 0.0386. The van der Waals surface area contributed by atoms with E-state index in [0.29, 0.717) is 18.4 Å². The van der Waals surface area contributed by atoms with Crippen LogP contribution in [0.5, 0.6) is 0 Å². The Bertz CT molecular complexity index is 1260. The standard InChI is InChI=1S/C33H38FN3O4/c34-28-18-10-7-13-24(28)22-37(30(38)19-20-36-32(40)26-16-8-9-17-27(26)33(36)41)29(21-23-11-3-1-4-12-23)31(39)35-25-14-5-2-6-15-25/h1,3-4,7-13,18,25-27,29H,2,5-6,14-17,19-22H2,(H,35,39)/t26-,27+,29?. The molecule has 1 unspecified atom stereocenters. The summed E-state index contributed by atoms with van der Waals surface area (Å²) in [5.74, 6) is -2.36. The Morgan fingerprint density at radius 1 is 0.902 bits per heavy atom. The van der Waals surface area contributed by atoms with Gasteiger partial charge in [-0.2, -0.15) is 0 Å². The molecule has 1 N–H and O–H groups in total. The first-order valence-corrected chi connectivity index (χ1v) is 14.8. The van der Waals surface area contributed by atoms with E-state index in [9.17, 15) is 23.6 Å². The van der Waals surface area contributed by atoms with Crippen molar-refractivity contribution in [1.29, 1.82) is 0 Å². The molecule has 2 aromatic carbocycles. The minimum Gasteiger partial charge on any atom is -0.352 e. The molecule has 0 aromatic heterocycles. The molecule has 3 aliphatic rings. The van der Waals surface area contributed by atoms with E-state index in [1.165, 1.54) is 15.9 Å². The molecule has 0 bridgehead atoms. The van der Waals surface area contributed by atoms with Gasteiger partial charge in [-0.05, 0) is 37.3 Å². The van der Waals surface area contributed by atoms with Crippen molar-refractivity contribution in [2.24, 2.45) is 11.8 Å². The van der Waals surface area contributed by atoms with Crippen LogP contribution in [0.2, 0.25) is 0 Å². The summed E-state index contributed by atoms with van der Waals surface area (Å²) in [6.45, 7) is -0.155. The van der Waals surface area contributed by atoms with Crippen molar-refractivity contribution in [3.63, 3.8) is 0 Å². The van der Waals surface area contributed by atoms with Gasteiger partial charge in [0.05, 0.1) is 11.8 Å². The lowest BCUT2D eigenvalue weighted by molar-refractivity contribution is -0.144. The van der Waals surface area contributed by atoms with Gasteiger partial charge in [0, 0.05) is 37.5 Å². The number of nitrogens with one attached hydrogen (secondary N) is 1. The molecule has 7 nitrogen and oxygen atoms in total. The number of amides is 4. The molecule has 1 saturated heterocycles. The zero-order chi connectivity index (χ0) is 28.8. The average molecular weight is 560 g/mol. The Balaban J connectivity index is 1.39. The molecule has 4 amide bonds. The third kappa shape index (κ3) is 6.75. The van der Waals surface area contributed by atoms with Crippen LogP contribution in [0.3, 0.4) is 0 Å². The van der Waals surface area contributed by atoms with Gasteiger partial charge in [0.15, 0.2) is 0 Å². The van der Waals surface area contributed by atoms with E-state index < -0.39 is 17.8 Å². The second-order valence-corrected chi connectivity index (χ2v) is 11.4. The van der Waals surface area contributed by atoms with E-state index in [1.54, 1.807) is 18.2 Å². The molecule has 8 heteroatoms. The highest BCUT2D eigenvalue weighted by Gasteiger charge is 2.47. The van der Waals surface area contributed by atoms with Crippen LogP contribution in [0.25, 0.3) is 0 Å². The van der Waals surface area contributed by atoms with E-state index in [-0.39, 0.29) is 61.5 Å². The number of carbonyl (C=O) groups excluding carboxylic acids is 4. The Morgan fingerprint density at radius 3 is 2.20 bits per heavy atom. The lowest BCUT2D eigenvalue weighted by Crippen LogP contribution is -2.53. The first-order valence-electron chi connectivity index (χ1n) is 14.8. The first-order chi connectivity index (χ1) is 19.9. The molecule has 5 rings (SSSR count). The quantitative estimate of drug-likeness (QED) is 0.342. The predicted octanol–water partition coefficient (Wildman–Crippen LogP) is 4.56. The van der Waals surface area contributed by atoms with Gasteiger partial charge in [-0.25, -0.2) is 4.39 Å². The number of hydrogen-bond acceptors (Lipinski definition) is 4. The Kier molecular flexibility index (Phi) is 9.27. The fraction of sp³-hybridized carbons (Fsp3) is 0.455. The largest absolute Gasteiger partial charge is 0.352 e. The second-order valence-electron chi connectivity index (χ2n) is 11.4. The Labute approximate surface area is 240 Å². The summed E-state index contributed by atoms with van der Waals surface area (Å²) in [5.41, 5.74) is 1.18. The molecule has 1 aliphatic heterocycles. The van der Waals surface area contributed by atoms with Crippen molar-refractivity contribution in [2.75, 3.05) is 6.54 Å². The maximum atomic E-state index is 14.8. The lowest BCUT2D eigenvalue weighted by atomic mass is 9.85. The van der Waals surface area contributed by atoms with Crippen LogP contribution in [0.4, 0.5) is 4.39 Å². The smallest absolute Gasteiger partial charge is 0.243 e. The fourth-order valence-corrected chi connectivity index (χ4v) is 6.35. The summed E-state index contributed by atoms with van der Waals surface area (Å²) >= 11 is 0. The van der Waals surface area contributed by atoms with Crippen LogP contribution in [-0.2, 0) is 32.1 Å². The van der Waals surface area contributed by atoms with Gasteiger partial charge in [-0.1, -0.05) is 79.9 Å². The van der Waals surface area contributed by atoms with Crippen LogP contribution in [0.1, 0.15) is 62.5 Å². The highest BCUT2D eigenvalue weighted by Crippen LogP contribution is 2.35. The minimum atomic E-state index is -0.886. The molecule has 2 aliphatic carbocycles. The van der Waals surface area contributed by atoms with Crippen LogP contribution in [0, 0.1) is 17.7 Å². The maximum Gasteiger partial charge on any atom is 0.243 e. The van der Waals surface area contributed by atoms with Crippen molar-refractivity contribution in [1.82, 2.24) is 15.1 Å². The molecule has 2 aromatic rings. The monoisotopic (exact) mass is 559 g/mol. The number of fused-ring (bicyclic) bond motifs is 1. The lowest BCUT2D eigenvalue weighted by Gasteiger charge is -2.34. The molecular formula is C33H38FN3O4. The second kappa shape index (κ2) is 13.2. The highest BCUT2D eigenvalue weighted by atomic mass is 19.1. The number of nitrogens with zero attached hydrogens (tertiary/aromatic N) is 2. The van der Waals surface area contributed by atoms with E-state index in [0.717, 1.165) is 37.7 Å². The van der Waals surface area contributed by atoms with E-state index in [1.807, 2.05) is 42.5 Å². The number of likely N-dealkylation sites (tertiary alicyclic amines) is 1. The maximum absolute atomic E-state index is 14.8. The van der Waals surface area contributed by atoms with Crippen molar-refractivity contribution in [3.05, 3.63) is 83.7 Å². The third-order valence-corrected chi connectivity index (χ3v) is 8.67. The molecule has 0 radical (unpaired) electrons. The van der Waals surface area contributed by atoms with Crippen LogP contribution >= 0.6 is 0 Å². The number of benzene rings is 2. The topological polar surface area (TPSA) is 86.8 Å². The van der Waals surface area contributed by atoms with Crippen LogP contribution in [-0.4, -0.2) is 52.1 Å². The summed E-state index contributed by atoms with van der Waals surface area (Å²) in [7, 11) is 0. The fourth-order valence-electron chi connectivity index (χ4n) is 6.35. The van der Waals surface area contributed by atoms with Crippen molar-refractivity contribution >= 4 is 23.6 Å². The van der Waals surface area contributed by atoms with Crippen molar-refractivity contribution < 1.29 is 23.6 Å². The number of allylic oxidation sites excluding steroid dienone is 2. The zero-order valence-electron chi connectivity index (χ0n) is 23.3.